The van der Waals surface area contributed by atoms with Gasteiger partial charge < -0.3 is 79.4 Å². The molecule has 3 aliphatic heterocycles. The summed E-state index contributed by atoms with van der Waals surface area (Å²) in [5.74, 6) is 2.33. The molecule has 12 rings (SSSR count). The van der Waals surface area contributed by atoms with E-state index in [-0.39, 0.29) is 112 Å². The molecule has 3 saturated heterocycles. The van der Waals surface area contributed by atoms with Gasteiger partial charge in [-0.2, -0.15) is 6.26 Å². The van der Waals surface area contributed by atoms with E-state index in [4.69, 9.17) is 78.4 Å². The van der Waals surface area contributed by atoms with Gasteiger partial charge in [0.25, 0.3) is 0 Å². The number of methoxy groups -OCH3 is 7. The van der Waals surface area contributed by atoms with E-state index < -0.39 is 96.3 Å². The Kier molecular flexibility index (Phi) is 46.1. The molecule has 1 aromatic heterocycles. The molecule has 0 radical (unpaired) electrons. The summed E-state index contributed by atoms with van der Waals surface area (Å²) in [5.41, 5.74) is 6.22. The summed E-state index contributed by atoms with van der Waals surface area (Å²) in [6.07, 6.45) is 12.7. The number of hydrogen-bond donors (Lipinski definition) is 1. The number of hydrogen-bond acceptors (Lipinski definition) is 35. The van der Waals surface area contributed by atoms with Gasteiger partial charge in [0.05, 0.1) is 138 Å². The van der Waals surface area contributed by atoms with Gasteiger partial charge in [0.1, 0.15) is 23.0 Å². The zero-order chi connectivity index (χ0) is 100. The zero-order valence-corrected chi connectivity index (χ0v) is 89.2. The monoisotopic (exact) mass is 2090 g/mol. The van der Waals surface area contributed by atoms with Crippen molar-refractivity contribution in [3.8, 4) is 51.4 Å². The first-order chi connectivity index (χ1) is 60.4. The minimum atomic E-state index is -3.38. The molecule has 0 unspecified atom stereocenters. The number of ether oxygens (including phenoxy) is 7. The summed E-state index contributed by atoms with van der Waals surface area (Å²) in [4.78, 5) is 41.0. The second-order valence-electron chi connectivity index (χ2n) is 31.2. The number of halogens is 2. The Morgan fingerprint density at radius 2 is 0.714 bits per heavy atom. The first-order valence-electron chi connectivity index (χ1n) is 38.5. The van der Waals surface area contributed by atoms with Crippen molar-refractivity contribution < 1.29 is 148 Å². The van der Waals surface area contributed by atoms with Gasteiger partial charge in [-0.25, -0.2) is 52.1 Å². The molecule has 0 atom stereocenters. The molecule has 2 N–H and O–H groups in total. The van der Waals surface area contributed by atoms with Crippen molar-refractivity contribution in [2.45, 2.75) is 158 Å². The van der Waals surface area contributed by atoms with Gasteiger partial charge in [0, 0.05) is 112 Å². The second-order valence-corrected chi connectivity index (χ2v) is 44.3. The van der Waals surface area contributed by atoms with Crippen LogP contribution in [0.15, 0.2) is 191 Å². The molecule has 49 heteroatoms. The number of para-hydroxylation sites is 1. The van der Waals surface area contributed by atoms with Gasteiger partial charge >= 0.3 is 67.8 Å². The van der Waals surface area contributed by atoms with E-state index in [0.717, 1.165) is 74.2 Å². The van der Waals surface area contributed by atoms with Crippen molar-refractivity contribution in [3.63, 3.8) is 0 Å². The van der Waals surface area contributed by atoms with Crippen LogP contribution in [-0.2, 0) is 89.7 Å². The van der Waals surface area contributed by atoms with Crippen LogP contribution in [0.4, 0.5) is 22.7 Å². The maximum absolute atomic E-state index is 11.7. The molecule has 724 valence electrons. The zero-order valence-electron chi connectivity index (χ0n) is 78.3. The molecule has 4 heterocycles. The fourth-order valence-electron chi connectivity index (χ4n) is 11.2. The van der Waals surface area contributed by atoms with Crippen LogP contribution in [0.25, 0.3) is 22.0 Å². The molecule has 3 fully saturated rings. The fraction of sp³-hybridized carbons (Fsp3) is 0.405. The first-order valence-corrected chi connectivity index (χ1v) is 52.4. The van der Waals surface area contributed by atoms with Crippen LogP contribution >= 0.6 is 51.1 Å². The number of rotatable bonds is 20. The van der Waals surface area contributed by atoms with Crippen molar-refractivity contribution in [1.82, 2.24) is 9.97 Å². The van der Waals surface area contributed by atoms with Crippen molar-refractivity contribution in [3.05, 3.63) is 192 Å². The molecular formula is C84H112B3BrClN6NaO29S8. The van der Waals surface area contributed by atoms with Crippen LogP contribution in [0.1, 0.15) is 90.5 Å². The van der Waals surface area contributed by atoms with E-state index in [9.17, 15) is 72.4 Å². The summed E-state index contributed by atoms with van der Waals surface area (Å²) in [5, 5.41) is 32.5. The number of nitrogen functional groups attached to an aromatic ring is 1. The molecule has 35 nitrogen and oxygen atoms in total. The van der Waals surface area contributed by atoms with E-state index in [0.29, 0.717) is 51.2 Å². The molecule has 8 aromatic carbocycles. The third-order valence-corrected chi connectivity index (χ3v) is 28.3. The summed E-state index contributed by atoms with van der Waals surface area (Å²) in [7, 11) is -7.83. The van der Waals surface area contributed by atoms with Gasteiger partial charge in [-0.3, -0.25) is 30.3 Å². The number of sulfone groups is 5. The van der Waals surface area contributed by atoms with Crippen LogP contribution in [0.2, 0.25) is 5.28 Å². The Labute approximate surface area is 830 Å². The van der Waals surface area contributed by atoms with Gasteiger partial charge in [-0.15, -0.1) is 23.5 Å². The van der Waals surface area contributed by atoms with Crippen molar-refractivity contribution >= 4 is 173 Å². The average Bonchev–Trinajstić information content (AvgIpc) is 1.57. The Balaban J connectivity index is 0.000000517. The smallest absolute Gasteiger partial charge is 0.796 e. The standard InChI is InChI=1S/C16H13ClN2O3S.C14H21BO5S.C12H24B2O4.C8H9BrO3S.C8H9NO5S.C8H11NO3S.2C8H9NO3S.CH4S.CH4.Na/c1-22-14-8-11(23(2,20)21)6-7-12(14)13-5-3-4-10-9-18-16(17)19-15(10)13;1-13(2)14(3,4)20-15(19-13)11-8-7-10(21(6,16)17)9-12(11)18-5;1-9(2)10(3,4)16-13(15-9)14-17-11(5,6)12(7,8)18-14;1-12-8-5-6(13(2,10)11)3-4-7(8)9;1-14-8-5-6(15(2,12)13)3-4-7(8)9(10)11;1-12-8-5-6(13(2,10)11)3-4-7(8)9;2*1-12-8-5-6(13-2)3-4-7(8)9(10)11;1-2;;/h3-9H,1-2H3;7-9H,1-6H3;1-8H3;3-5H,1-2H3;3-5H,1-2H3;3-5H,9H2,1-2H3;2*3-5H,1-2H3;2H,1H3;1H4;/q;;;;;;;;;;+1/p-1. The molecule has 0 amide bonds. The molecule has 0 spiro atoms. The van der Waals surface area contributed by atoms with Gasteiger partial charge in [0.15, 0.2) is 66.4 Å². The largest absolute Gasteiger partial charge is 1.00 e. The Morgan fingerprint density at radius 3 is 1.07 bits per heavy atom. The molecule has 0 saturated carbocycles. The summed E-state index contributed by atoms with van der Waals surface area (Å²) < 4.78 is 185. The van der Waals surface area contributed by atoms with Gasteiger partial charge in [0.2, 0.25) is 5.28 Å². The summed E-state index contributed by atoms with van der Waals surface area (Å²) in [6.45, 7) is 24.1. The number of fused-ring (bicyclic) bond motifs is 1. The van der Waals surface area contributed by atoms with Crippen molar-refractivity contribution in [2.24, 2.45) is 0 Å². The molecule has 0 bridgehead atoms. The van der Waals surface area contributed by atoms with E-state index in [1.807, 2.05) is 114 Å². The number of nitrogens with two attached hydrogens (primary N) is 1. The number of nitro groups is 3. The maximum atomic E-state index is 11.7. The van der Waals surface area contributed by atoms with E-state index in [1.54, 1.807) is 61.0 Å². The Bertz CT molecular complexity index is 5930. The predicted octanol–water partition coefficient (Wildman–Crippen LogP) is 13.0. The number of aromatic nitrogens is 2. The van der Waals surface area contributed by atoms with Crippen LogP contribution in [0.3, 0.4) is 0 Å². The minimum Gasteiger partial charge on any atom is -0.796 e. The van der Waals surface area contributed by atoms with Crippen LogP contribution in [-0.4, -0.2) is 221 Å². The van der Waals surface area contributed by atoms with Crippen LogP contribution in [0.5, 0.6) is 40.2 Å². The van der Waals surface area contributed by atoms with Crippen LogP contribution < -0.4 is 73.9 Å². The predicted molar refractivity (Wildman–Crippen MR) is 524 cm³/mol. The normalized spacial score (nSPS) is 15.0. The summed E-state index contributed by atoms with van der Waals surface area (Å²) >= 11 is 16.3. The molecule has 133 heavy (non-hydrogen) atoms. The van der Waals surface area contributed by atoms with E-state index in [2.05, 4.69) is 38.5 Å². The Hall–Kier alpha value is -7.78. The quantitative estimate of drug-likeness (QED) is 0.0141. The number of benzene rings is 8. The first kappa shape index (κ1) is 121. The topological polar surface area (TPSA) is 472 Å². The average molecular weight is 2100 g/mol. The number of thioether (sulfide) groups is 2. The Morgan fingerprint density at radius 1 is 0.414 bits per heavy atom. The summed E-state index contributed by atoms with van der Waals surface area (Å²) in [6, 6.07) is 37.2. The SMILES string of the molecule is C.CC1(C)OB(B2OC(C)(C)C(C)(C)O2)OC1(C)C.COc1cc(S(C)(=O)=O)ccc1-c1cccc2cnc(Cl)nc12.COc1cc(S(C)(=O)=O)ccc1B1OC(C)(C)C(C)(C)O1.COc1cc(S(C)(=O)=O)ccc1Br.COc1cc(S(C)(=O)=O)ccc1N.COc1cc(S(C)(=O)=O)ccc1[N+](=O)[O-].COc1cc(SC)ccc1[N+](=O)[O-].COc1cc(SC)ccc1[N+](=O)[O-].C[S-].[Na+]. The van der Waals surface area contributed by atoms with E-state index >= 15 is 0 Å². The third kappa shape index (κ3) is 33.5. The van der Waals surface area contributed by atoms with Gasteiger partial charge in [-0.1, -0.05) is 31.7 Å². The number of anilines is 1. The van der Waals surface area contributed by atoms with Crippen molar-refractivity contribution in [1.29, 1.82) is 0 Å². The minimum absolute atomic E-state index is 0. The molecule has 9 aromatic rings. The van der Waals surface area contributed by atoms with Crippen molar-refractivity contribution in [2.75, 3.05) is 106 Å². The van der Waals surface area contributed by atoms with E-state index in [1.165, 1.54) is 140 Å². The number of nitro benzene ring substituents is 3. The molecule has 3 aliphatic rings. The molecular weight excluding hydrogens is 1980 g/mol. The number of nitrogens with zero attached hydrogens (tertiary/aromatic N) is 5. The maximum Gasteiger partial charge on any atom is 1.00 e. The third-order valence-electron chi connectivity index (χ3n) is 20.5. The van der Waals surface area contributed by atoms with Crippen LogP contribution in [0, 0.1) is 30.3 Å². The second kappa shape index (κ2) is 50.5. The molecule has 0 aliphatic carbocycles. The van der Waals surface area contributed by atoms with Gasteiger partial charge in [-0.05, 0) is 202 Å². The fourth-order valence-corrected chi connectivity index (χ4v) is 15.7.